The summed E-state index contributed by atoms with van der Waals surface area (Å²) in [7, 11) is 0. The smallest absolute Gasteiger partial charge is 0.298 e. The number of hydrogen-bond donors (Lipinski definition) is 0. The van der Waals surface area contributed by atoms with E-state index in [4.69, 9.17) is 0 Å². The molecule has 0 spiro atoms. The molecule has 2 aromatic rings. The minimum Gasteiger partial charge on any atom is -0.298 e. The largest absolute Gasteiger partial charge is 0.300 e. The van der Waals surface area contributed by atoms with E-state index in [9.17, 15) is 19.2 Å². The molecule has 116 valence electrons. The normalized spacial score (nSPS) is 14.7. The van der Waals surface area contributed by atoms with Crippen molar-refractivity contribution in [2.45, 2.75) is 19.4 Å². The molecule has 0 bridgehead atoms. The van der Waals surface area contributed by atoms with Crippen molar-refractivity contribution in [1.29, 1.82) is 0 Å². The van der Waals surface area contributed by atoms with Crippen LogP contribution in [0.1, 0.15) is 33.4 Å². The number of carbonyl (C=O) groups excluding carboxylic acids is 4. The second-order valence-corrected chi connectivity index (χ2v) is 6.20. The van der Waals surface area contributed by atoms with Gasteiger partial charge in [-0.3, -0.25) is 24.1 Å². The predicted octanol–water partition coefficient (Wildman–Crippen LogP) is 2.51. The van der Waals surface area contributed by atoms with Gasteiger partial charge >= 0.3 is 0 Å². The van der Waals surface area contributed by atoms with E-state index >= 15 is 0 Å². The molecule has 0 saturated carbocycles. The van der Waals surface area contributed by atoms with Crippen molar-refractivity contribution in [2.24, 2.45) is 0 Å². The first kappa shape index (κ1) is 15.3. The molecule has 1 amide bonds. The number of carbonyl (C=O) groups is 4. The summed E-state index contributed by atoms with van der Waals surface area (Å²) in [5.41, 5.74) is 0.661. The lowest BCUT2D eigenvalue weighted by molar-refractivity contribution is -0.121. The van der Waals surface area contributed by atoms with Crippen molar-refractivity contribution in [3.8, 4) is 0 Å². The van der Waals surface area contributed by atoms with Crippen molar-refractivity contribution in [2.75, 3.05) is 4.90 Å². The maximum Gasteiger partial charge on any atom is 0.300 e. The average molecular weight is 327 g/mol. The Hall–Kier alpha value is -2.60. The Balaban J connectivity index is 1.96. The van der Waals surface area contributed by atoms with Crippen LogP contribution in [0.4, 0.5) is 5.69 Å². The minimum absolute atomic E-state index is 0.136. The molecule has 6 heteroatoms. The van der Waals surface area contributed by atoms with E-state index in [1.165, 1.54) is 18.3 Å². The molecule has 0 unspecified atom stereocenters. The van der Waals surface area contributed by atoms with E-state index in [1.54, 1.807) is 41.8 Å². The van der Waals surface area contributed by atoms with Crippen LogP contribution in [0.5, 0.6) is 0 Å². The summed E-state index contributed by atoms with van der Waals surface area (Å²) in [5, 5.41) is 1.77. The maximum atomic E-state index is 12.3. The minimum atomic E-state index is -0.968. The quantitative estimate of drug-likeness (QED) is 0.625. The predicted molar refractivity (Wildman–Crippen MR) is 86.0 cm³/mol. The van der Waals surface area contributed by atoms with E-state index in [0.717, 1.165) is 4.90 Å². The van der Waals surface area contributed by atoms with Crippen LogP contribution < -0.4 is 4.90 Å². The fourth-order valence-electron chi connectivity index (χ4n) is 2.65. The lowest BCUT2D eigenvalue weighted by Crippen LogP contribution is -2.45. The van der Waals surface area contributed by atoms with E-state index in [-0.39, 0.29) is 23.6 Å². The first-order valence-electron chi connectivity index (χ1n) is 7.04. The van der Waals surface area contributed by atoms with Crippen LogP contribution in [0.2, 0.25) is 0 Å². The first-order chi connectivity index (χ1) is 11.0. The number of para-hydroxylation sites is 1. The van der Waals surface area contributed by atoms with Gasteiger partial charge in [0.2, 0.25) is 0 Å². The topological polar surface area (TPSA) is 71.5 Å². The number of thiophene rings is 1. The number of amides is 1. The Kier molecular flexibility index (Phi) is 3.92. The maximum absolute atomic E-state index is 12.3. The third-order valence-electron chi connectivity index (χ3n) is 3.78. The zero-order chi connectivity index (χ0) is 16.6. The molecule has 3 rings (SSSR count). The molecule has 23 heavy (non-hydrogen) atoms. The number of hydrogen-bond acceptors (Lipinski definition) is 5. The van der Waals surface area contributed by atoms with Crippen molar-refractivity contribution in [3.63, 3.8) is 0 Å². The molecule has 0 aliphatic carbocycles. The Morgan fingerprint density at radius 2 is 1.87 bits per heavy atom. The Bertz CT molecular complexity index is 810. The van der Waals surface area contributed by atoms with Crippen molar-refractivity contribution < 1.29 is 19.2 Å². The lowest BCUT2D eigenvalue weighted by atomic mass is 10.0. The highest BCUT2D eigenvalue weighted by Crippen LogP contribution is 2.32. The molecule has 2 heterocycles. The monoisotopic (exact) mass is 327 g/mol. The SMILES string of the molecule is CC(=O)[C@H](CC(=O)c1cccs1)N1C(=O)C(=O)c2ccccc21. The van der Waals surface area contributed by atoms with Crippen LogP contribution in [-0.4, -0.2) is 29.3 Å². The fraction of sp³-hybridized carbons (Fsp3) is 0.176. The summed E-state index contributed by atoms with van der Waals surface area (Å²) in [4.78, 5) is 50.4. The molecule has 1 aliphatic rings. The van der Waals surface area contributed by atoms with Gasteiger partial charge in [-0.1, -0.05) is 18.2 Å². The summed E-state index contributed by atoms with van der Waals surface area (Å²) in [6.45, 7) is 1.32. The molecule has 5 nitrogen and oxygen atoms in total. The van der Waals surface area contributed by atoms with Gasteiger partial charge < -0.3 is 0 Å². The molecule has 0 N–H and O–H groups in total. The van der Waals surface area contributed by atoms with Crippen LogP contribution in [0, 0.1) is 0 Å². The number of anilines is 1. The molecule has 0 saturated heterocycles. The molecule has 0 fully saturated rings. The van der Waals surface area contributed by atoms with Crippen LogP contribution >= 0.6 is 11.3 Å². The molecular formula is C17H13NO4S. The highest BCUT2D eigenvalue weighted by atomic mass is 32.1. The van der Waals surface area contributed by atoms with Crippen LogP contribution in [0.15, 0.2) is 41.8 Å². The first-order valence-corrected chi connectivity index (χ1v) is 7.92. The summed E-state index contributed by atoms with van der Waals surface area (Å²) >= 11 is 1.28. The third-order valence-corrected chi connectivity index (χ3v) is 4.69. The van der Waals surface area contributed by atoms with Gasteiger partial charge in [0.25, 0.3) is 11.7 Å². The zero-order valence-corrected chi connectivity index (χ0v) is 13.1. The van der Waals surface area contributed by atoms with Gasteiger partial charge in [0, 0.05) is 6.42 Å². The number of rotatable bonds is 5. The van der Waals surface area contributed by atoms with Gasteiger partial charge in [0.05, 0.1) is 16.1 Å². The highest BCUT2D eigenvalue weighted by Gasteiger charge is 2.41. The van der Waals surface area contributed by atoms with E-state index in [0.29, 0.717) is 10.6 Å². The molecule has 1 aromatic heterocycles. The van der Waals surface area contributed by atoms with Crippen molar-refractivity contribution in [1.82, 2.24) is 0 Å². The molecule has 0 radical (unpaired) electrons. The Morgan fingerprint density at radius 1 is 1.13 bits per heavy atom. The van der Waals surface area contributed by atoms with Gasteiger partial charge in [-0.2, -0.15) is 0 Å². The van der Waals surface area contributed by atoms with Crippen LogP contribution in [-0.2, 0) is 9.59 Å². The zero-order valence-electron chi connectivity index (χ0n) is 12.3. The van der Waals surface area contributed by atoms with Gasteiger partial charge in [0.15, 0.2) is 11.6 Å². The second-order valence-electron chi connectivity index (χ2n) is 5.25. The van der Waals surface area contributed by atoms with Gasteiger partial charge in [-0.25, -0.2) is 0 Å². The second kappa shape index (κ2) is 5.89. The van der Waals surface area contributed by atoms with Gasteiger partial charge in [-0.15, -0.1) is 11.3 Å². The number of Topliss-reactive ketones (excluding diaryl/α,β-unsaturated/α-hetero) is 3. The Morgan fingerprint density at radius 3 is 2.52 bits per heavy atom. The number of fused-ring (bicyclic) bond motifs is 1. The average Bonchev–Trinajstić information content (AvgIpc) is 3.14. The van der Waals surface area contributed by atoms with Crippen molar-refractivity contribution in [3.05, 3.63) is 52.2 Å². The summed E-state index contributed by atoms with van der Waals surface area (Å²) in [5.74, 6) is -1.95. The van der Waals surface area contributed by atoms with Gasteiger partial charge in [-0.05, 0) is 30.5 Å². The highest BCUT2D eigenvalue weighted by molar-refractivity contribution is 7.12. The molecule has 1 aromatic carbocycles. The number of ketones is 3. The van der Waals surface area contributed by atoms with E-state index in [2.05, 4.69) is 0 Å². The fourth-order valence-corrected chi connectivity index (χ4v) is 3.33. The molecule has 1 atom stereocenters. The van der Waals surface area contributed by atoms with Crippen LogP contribution in [0.3, 0.4) is 0 Å². The summed E-state index contributed by atoms with van der Waals surface area (Å²) in [6.07, 6.45) is -0.136. The molecular weight excluding hydrogens is 314 g/mol. The summed E-state index contributed by atoms with van der Waals surface area (Å²) in [6, 6.07) is 8.97. The number of nitrogens with zero attached hydrogens (tertiary/aromatic N) is 1. The third kappa shape index (κ3) is 2.61. The lowest BCUT2D eigenvalue weighted by Gasteiger charge is -2.25. The van der Waals surface area contributed by atoms with Gasteiger partial charge in [0.1, 0.15) is 6.04 Å². The standard InChI is InChI=1S/C17H13NO4S/c1-10(19)13(9-14(20)15-7-4-8-23-15)18-12-6-3-2-5-11(12)16(21)17(18)22/h2-8,13H,9H2,1H3/t13-/m0/s1. The summed E-state index contributed by atoms with van der Waals surface area (Å²) < 4.78 is 0. The number of benzene rings is 1. The van der Waals surface area contributed by atoms with E-state index in [1.807, 2.05) is 0 Å². The van der Waals surface area contributed by atoms with Crippen molar-refractivity contribution >= 4 is 40.3 Å². The Labute approximate surface area is 136 Å². The molecule has 1 aliphatic heterocycles. The van der Waals surface area contributed by atoms with Crippen LogP contribution in [0.25, 0.3) is 0 Å². The van der Waals surface area contributed by atoms with E-state index < -0.39 is 17.7 Å².